The Bertz CT molecular complexity index is 1810. The van der Waals surface area contributed by atoms with Crippen LogP contribution in [0.25, 0.3) is 28.0 Å². The van der Waals surface area contributed by atoms with Crippen molar-refractivity contribution in [3.05, 3.63) is 88.1 Å². The molecule has 230 valence electrons. The van der Waals surface area contributed by atoms with Gasteiger partial charge in [-0.15, -0.1) is 0 Å². The molecule has 1 aliphatic rings. The van der Waals surface area contributed by atoms with Crippen molar-refractivity contribution in [1.29, 1.82) is 0 Å². The lowest BCUT2D eigenvalue weighted by Crippen LogP contribution is -2.54. The number of piperazine rings is 1. The van der Waals surface area contributed by atoms with Crippen molar-refractivity contribution < 1.29 is 18.3 Å². The summed E-state index contributed by atoms with van der Waals surface area (Å²) in [5, 5.41) is 0.279. The molecule has 0 saturated carbocycles. The molecule has 0 radical (unpaired) electrons. The standard InChI is InChI=1S/C33H36F2N6O3/c1-7-26(42)39-14-15-40(21(6)17-39)31-23-16-25(35)29(27-22(18-44-8-2)10-9-11-24(27)34)37-32(23)41(33(43)38-31)30-20(5)12-13-36-28(30)19(3)4/h7,9-13,16,19,21H,1,8,14-15,17-18H2,2-6H3/t21-/m0/s1. The van der Waals surface area contributed by atoms with Crippen LogP contribution in [0.3, 0.4) is 0 Å². The maximum absolute atomic E-state index is 16.2. The summed E-state index contributed by atoms with van der Waals surface area (Å²) in [6.45, 7) is 14.6. The number of ether oxygens (including phenoxy) is 1. The number of benzene rings is 1. The zero-order valence-electron chi connectivity index (χ0n) is 25.6. The summed E-state index contributed by atoms with van der Waals surface area (Å²) in [4.78, 5) is 43.6. The molecule has 0 unspecified atom stereocenters. The molecular weight excluding hydrogens is 566 g/mol. The number of nitrogens with zero attached hydrogens (tertiary/aromatic N) is 6. The number of hydrogen-bond donors (Lipinski definition) is 0. The molecule has 11 heteroatoms. The van der Waals surface area contributed by atoms with Crippen LogP contribution in [0.5, 0.6) is 0 Å². The quantitative estimate of drug-likeness (QED) is 0.252. The normalized spacial score (nSPS) is 15.3. The van der Waals surface area contributed by atoms with Crippen molar-refractivity contribution in [2.75, 3.05) is 31.1 Å². The number of carbonyl (C=O) groups excluding carboxylic acids is 1. The maximum atomic E-state index is 16.2. The predicted octanol–water partition coefficient (Wildman–Crippen LogP) is 5.31. The largest absolute Gasteiger partial charge is 0.377 e. The van der Waals surface area contributed by atoms with E-state index in [0.29, 0.717) is 43.2 Å². The van der Waals surface area contributed by atoms with Crippen LogP contribution in [0.15, 0.2) is 54.0 Å². The first-order valence-corrected chi connectivity index (χ1v) is 14.7. The van der Waals surface area contributed by atoms with Crippen LogP contribution in [-0.4, -0.2) is 62.6 Å². The summed E-state index contributed by atoms with van der Waals surface area (Å²) in [6.07, 6.45) is 2.94. The predicted molar refractivity (Wildman–Crippen MR) is 166 cm³/mol. The van der Waals surface area contributed by atoms with Crippen LogP contribution in [0.1, 0.15) is 50.4 Å². The molecule has 5 rings (SSSR count). The number of fused-ring (bicyclic) bond motifs is 1. The number of aryl methyl sites for hydroxylation is 1. The highest BCUT2D eigenvalue weighted by Crippen LogP contribution is 2.35. The van der Waals surface area contributed by atoms with E-state index in [0.717, 1.165) is 5.56 Å². The van der Waals surface area contributed by atoms with E-state index in [9.17, 15) is 9.59 Å². The van der Waals surface area contributed by atoms with Gasteiger partial charge in [0.25, 0.3) is 0 Å². The summed E-state index contributed by atoms with van der Waals surface area (Å²) < 4.78 is 38.5. The molecule has 9 nitrogen and oxygen atoms in total. The Morgan fingerprint density at radius 2 is 1.95 bits per heavy atom. The molecule has 1 aliphatic heterocycles. The number of aromatic nitrogens is 4. The number of hydrogen-bond acceptors (Lipinski definition) is 7. The van der Waals surface area contributed by atoms with Crippen molar-refractivity contribution in [1.82, 2.24) is 24.4 Å². The van der Waals surface area contributed by atoms with Crippen LogP contribution < -0.4 is 10.6 Å². The minimum Gasteiger partial charge on any atom is -0.377 e. The number of halogens is 2. The van der Waals surface area contributed by atoms with Crippen LogP contribution >= 0.6 is 0 Å². The number of anilines is 1. The summed E-state index contributed by atoms with van der Waals surface area (Å²) >= 11 is 0. The molecule has 4 aromatic rings. The summed E-state index contributed by atoms with van der Waals surface area (Å²) in [5.41, 5.74) is 1.54. The highest BCUT2D eigenvalue weighted by Gasteiger charge is 2.31. The molecule has 0 spiro atoms. The van der Waals surface area contributed by atoms with Crippen LogP contribution in [0.4, 0.5) is 14.6 Å². The number of pyridine rings is 2. The minimum absolute atomic E-state index is 0.0328. The lowest BCUT2D eigenvalue weighted by Gasteiger charge is -2.40. The van der Waals surface area contributed by atoms with Gasteiger partial charge in [-0.05, 0) is 62.1 Å². The number of rotatable bonds is 8. The lowest BCUT2D eigenvalue weighted by molar-refractivity contribution is -0.126. The molecule has 0 bridgehead atoms. The first-order valence-electron chi connectivity index (χ1n) is 14.7. The molecular formula is C33H36F2N6O3. The van der Waals surface area contributed by atoms with Crippen molar-refractivity contribution >= 4 is 22.8 Å². The summed E-state index contributed by atoms with van der Waals surface area (Å²) in [5.74, 6) is -1.44. The molecule has 1 aromatic carbocycles. The second-order valence-corrected chi connectivity index (χ2v) is 11.2. The fraction of sp³-hybridized carbons (Fsp3) is 0.364. The van der Waals surface area contributed by atoms with Crippen molar-refractivity contribution in [3.8, 4) is 16.9 Å². The Hall–Kier alpha value is -4.51. The Balaban J connectivity index is 1.82. The van der Waals surface area contributed by atoms with Crippen LogP contribution in [-0.2, 0) is 16.1 Å². The molecule has 4 heterocycles. The molecule has 3 aromatic heterocycles. The molecule has 1 saturated heterocycles. The molecule has 44 heavy (non-hydrogen) atoms. The first-order chi connectivity index (χ1) is 21.1. The Kier molecular flexibility index (Phi) is 8.87. The molecule has 1 fully saturated rings. The van der Waals surface area contributed by atoms with Gasteiger partial charge in [0.1, 0.15) is 23.1 Å². The van der Waals surface area contributed by atoms with Gasteiger partial charge < -0.3 is 14.5 Å². The van der Waals surface area contributed by atoms with E-state index in [4.69, 9.17) is 9.72 Å². The van der Waals surface area contributed by atoms with E-state index in [2.05, 4.69) is 16.5 Å². The molecule has 1 atom stereocenters. The van der Waals surface area contributed by atoms with E-state index in [1.807, 2.05) is 39.5 Å². The Morgan fingerprint density at radius 3 is 2.64 bits per heavy atom. The van der Waals surface area contributed by atoms with Gasteiger partial charge in [0.2, 0.25) is 5.91 Å². The number of carbonyl (C=O) groups is 1. The van der Waals surface area contributed by atoms with Gasteiger partial charge >= 0.3 is 5.69 Å². The molecule has 0 N–H and O–H groups in total. The molecule has 0 aliphatic carbocycles. The maximum Gasteiger partial charge on any atom is 0.355 e. The van der Waals surface area contributed by atoms with Gasteiger partial charge in [-0.3, -0.25) is 9.78 Å². The topological polar surface area (TPSA) is 93.5 Å². The third kappa shape index (κ3) is 5.59. The van der Waals surface area contributed by atoms with Crippen molar-refractivity contribution in [2.45, 2.75) is 53.2 Å². The van der Waals surface area contributed by atoms with Gasteiger partial charge in [0.15, 0.2) is 5.65 Å². The van der Waals surface area contributed by atoms with E-state index in [1.54, 1.807) is 23.2 Å². The van der Waals surface area contributed by atoms with Gasteiger partial charge in [0.05, 0.1) is 23.4 Å². The minimum atomic E-state index is -0.770. The molecule has 1 amide bonds. The average Bonchev–Trinajstić information content (AvgIpc) is 2.99. The van der Waals surface area contributed by atoms with E-state index < -0.39 is 17.3 Å². The lowest BCUT2D eigenvalue weighted by atomic mass is 10.0. The monoisotopic (exact) mass is 602 g/mol. The van der Waals surface area contributed by atoms with Crippen LogP contribution in [0.2, 0.25) is 0 Å². The van der Waals surface area contributed by atoms with E-state index >= 15 is 8.78 Å². The second kappa shape index (κ2) is 12.6. The third-order valence-corrected chi connectivity index (χ3v) is 7.91. The van der Waals surface area contributed by atoms with E-state index in [1.165, 1.54) is 28.8 Å². The highest BCUT2D eigenvalue weighted by molar-refractivity contribution is 5.91. The highest BCUT2D eigenvalue weighted by atomic mass is 19.1. The van der Waals surface area contributed by atoms with Gasteiger partial charge in [-0.25, -0.2) is 23.1 Å². The van der Waals surface area contributed by atoms with Crippen molar-refractivity contribution in [2.24, 2.45) is 0 Å². The van der Waals surface area contributed by atoms with Gasteiger partial charge in [0, 0.05) is 44.0 Å². The Morgan fingerprint density at radius 1 is 1.18 bits per heavy atom. The van der Waals surface area contributed by atoms with Crippen molar-refractivity contribution in [3.63, 3.8) is 0 Å². The zero-order chi connectivity index (χ0) is 31.7. The zero-order valence-corrected chi connectivity index (χ0v) is 25.6. The second-order valence-electron chi connectivity index (χ2n) is 11.2. The van der Waals surface area contributed by atoms with Crippen LogP contribution in [0, 0.1) is 18.6 Å². The smallest absolute Gasteiger partial charge is 0.355 e. The fourth-order valence-electron chi connectivity index (χ4n) is 5.75. The summed E-state index contributed by atoms with van der Waals surface area (Å²) in [7, 11) is 0. The summed E-state index contributed by atoms with van der Waals surface area (Å²) in [6, 6.07) is 7.25. The SMILES string of the molecule is C=CC(=O)N1CCN(c2nc(=O)n(-c3c(C)ccnc3C(C)C)c3nc(-c4c(F)cccc4COCC)c(F)cc23)[C@@H](C)C1. The van der Waals surface area contributed by atoms with Gasteiger partial charge in [-0.1, -0.05) is 32.6 Å². The van der Waals surface area contributed by atoms with Gasteiger partial charge in [-0.2, -0.15) is 4.98 Å². The third-order valence-electron chi connectivity index (χ3n) is 7.91. The number of amides is 1. The Labute approximate surface area is 254 Å². The fourth-order valence-corrected chi connectivity index (χ4v) is 5.75. The first kappa shape index (κ1) is 30.9. The average molecular weight is 603 g/mol. The van der Waals surface area contributed by atoms with E-state index in [-0.39, 0.29) is 52.6 Å².